The summed E-state index contributed by atoms with van der Waals surface area (Å²) in [6, 6.07) is 21.0. The fraction of sp³-hybridized carbons (Fsp3) is 0.0909. The maximum atomic E-state index is 6.05. The summed E-state index contributed by atoms with van der Waals surface area (Å²) in [7, 11) is 0. The molecule has 0 aliphatic rings. The third-order valence-electron chi connectivity index (χ3n) is 4.74. The molecule has 0 aliphatic heterocycles. The van der Waals surface area contributed by atoms with Crippen LogP contribution in [0.3, 0.4) is 0 Å². The van der Waals surface area contributed by atoms with Crippen LogP contribution in [-0.2, 0) is 11.8 Å². The van der Waals surface area contributed by atoms with Gasteiger partial charge in [-0.1, -0.05) is 24.3 Å². The molecule has 0 saturated carbocycles. The molecule has 1 unspecified atom stereocenters. The van der Waals surface area contributed by atoms with E-state index in [4.69, 9.17) is 11.5 Å². The fourth-order valence-corrected chi connectivity index (χ4v) is 3.50. The highest BCUT2D eigenvalue weighted by atomic mass is 14.9. The van der Waals surface area contributed by atoms with Gasteiger partial charge in [-0.05, 0) is 48.0 Å². The van der Waals surface area contributed by atoms with Crippen molar-refractivity contribution in [1.29, 1.82) is 0 Å². The topological polar surface area (TPSA) is 104 Å². The van der Waals surface area contributed by atoms with Crippen molar-refractivity contribution in [2.45, 2.75) is 11.8 Å². The molecule has 0 saturated heterocycles. The second-order valence-electron chi connectivity index (χ2n) is 6.54. The molecule has 0 radical (unpaired) electrons. The van der Waals surface area contributed by atoms with Crippen LogP contribution in [0.25, 0.3) is 0 Å². The van der Waals surface area contributed by atoms with Gasteiger partial charge in [-0.15, -0.1) is 0 Å². The Morgan fingerprint density at radius 2 is 1.50 bits per heavy atom. The van der Waals surface area contributed by atoms with Crippen molar-refractivity contribution in [2.24, 2.45) is 0 Å². The maximum Gasteiger partial charge on any atom is 0.123 e. The lowest BCUT2D eigenvalue weighted by Crippen LogP contribution is -2.35. The molecule has 0 amide bonds. The number of hydrogen-bond acceptors (Lipinski definition) is 6. The minimum atomic E-state index is -0.717. The minimum Gasteiger partial charge on any atom is -0.384 e. The van der Waals surface area contributed by atoms with E-state index >= 15 is 0 Å². The van der Waals surface area contributed by atoms with Crippen LogP contribution in [-0.4, -0.2) is 19.9 Å². The van der Waals surface area contributed by atoms with Crippen LogP contribution in [0.15, 0.2) is 85.3 Å². The number of aromatic nitrogens is 4. The highest BCUT2D eigenvalue weighted by Crippen LogP contribution is 2.40. The van der Waals surface area contributed by atoms with Crippen molar-refractivity contribution in [2.75, 3.05) is 11.5 Å². The van der Waals surface area contributed by atoms with E-state index in [-0.39, 0.29) is 0 Å². The SMILES string of the molecule is Nc1cccc(CC(c2cccnc2)(c2ccccn2)c2cccc(N)n2)n1. The van der Waals surface area contributed by atoms with Gasteiger partial charge >= 0.3 is 0 Å². The lowest BCUT2D eigenvalue weighted by atomic mass is 9.71. The molecule has 1 atom stereocenters. The average molecular weight is 368 g/mol. The van der Waals surface area contributed by atoms with Gasteiger partial charge in [0.1, 0.15) is 11.6 Å². The maximum absolute atomic E-state index is 6.05. The Morgan fingerprint density at radius 3 is 2.18 bits per heavy atom. The number of rotatable bonds is 5. The van der Waals surface area contributed by atoms with Crippen molar-refractivity contribution in [3.05, 3.63) is 108 Å². The summed E-state index contributed by atoms with van der Waals surface area (Å²) in [5, 5.41) is 0. The van der Waals surface area contributed by atoms with E-state index in [1.807, 2.05) is 60.8 Å². The van der Waals surface area contributed by atoms with Gasteiger partial charge < -0.3 is 11.5 Å². The first-order chi connectivity index (χ1) is 13.7. The van der Waals surface area contributed by atoms with Crippen LogP contribution in [0.1, 0.15) is 22.6 Å². The quantitative estimate of drug-likeness (QED) is 0.561. The van der Waals surface area contributed by atoms with Crippen LogP contribution in [0, 0.1) is 0 Å². The van der Waals surface area contributed by atoms with E-state index in [0.717, 1.165) is 22.6 Å². The molecule has 0 fully saturated rings. The summed E-state index contributed by atoms with van der Waals surface area (Å²) in [6.45, 7) is 0. The highest BCUT2D eigenvalue weighted by molar-refractivity contribution is 5.48. The molecule has 6 heteroatoms. The van der Waals surface area contributed by atoms with E-state index in [0.29, 0.717) is 18.1 Å². The van der Waals surface area contributed by atoms with Crippen LogP contribution in [0.4, 0.5) is 11.6 Å². The molecule has 4 rings (SSSR count). The molecule has 138 valence electrons. The molecular formula is C22H20N6. The highest BCUT2D eigenvalue weighted by Gasteiger charge is 2.40. The lowest BCUT2D eigenvalue weighted by Gasteiger charge is -2.33. The van der Waals surface area contributed by atoms with Gasteiger partial charge in [-0.25, -0.2) is 9.97 Å². The molecule has 0 aliphatic carbocycles. The number of nitrogens with zero attached hydrogens (tertiary/aromatic N) is 4. The third kappa shape index (κ3) is 3.27. The zero-order chi connectivity index (χ0) is 19.4. The van der Waals surface area contributed by atoms with Gasteiger partial charge in [0, 0.05) is 30.7 Å². The Bertz CT molecular complexity index is 1030. The fourth-order valence-electron chi connectivity index (χ4n) is 3.50. The standard InChI is InChI=1S/C22H20N6/c23-20-10-3-7-17(27-20)14-22(16-6-5-12-25-15-16,18-8-1-2-13-26-18)19-9-4-11-21(24)28-19/h1-13,15H,14H2,(H2,23,27)(H2,24,28). The lowest BCUT2D eigenvalue weighted by molar-refractivity contribution is 0.565. The monoisotopic (exact) mass is 368 g/mol. The number of anilines is 2. The summed E-state index contributed by atoms with van der Waals surface area (Å²) in [5.41, 5.74) is 14.7. The summed E-state index contributed by atoms with van der Waals surface area (Å²) in [4.78, 5) is 18.2. The molecule has 28 heavy (non-hydrogen) atoms. The number of hydrogen-bond donors (Lipinski definition) is 2. The van der Waals surface area contributed by atoms with Gasteiger partial charge in [-0.2, -0.15) is 0 Å². The molecule has 4 aromatic rings. The average Bonchev–Trinajstić information content (AvgIpc) is 2.73. The van der Waals surface area contributed by atoms with E-state index in [1.54, 1.807) is 24.5 Å². The molecule has 6 nitrogen and oxygen atoms in total. The van der Waals surface area contributed by atoms with Gasteiger partial charge in [0.05, 0.1) is 16.8 Å². The van der Waals surface area contributed by atoms with Crippen LogP contribution >= 0.6 is 0 Å². The minimum absolute atomic E-state index is 0.447. The second-order valence-corrected chi connectivity index (χ2v) is 6.54. The molecule has 0 spiro atoms. The van der Waals surface area contributed by atoms with E-state index in [1.165, 1.54) is 0 Å². The van der Waals surface area contributed by atoms with E-state index in [2.05, 4.69) is 19.9 Å². The van der Waals surface area contributed by atoms with Crippen molar-refractivity contribution >= 4 is 11.6 Å². The van der Waals surface area contributed by atoms with Crippen LogP contribution in [0.5, 0.6) is 0 Å². The summed E-state index contributed by atoms with van der Waals surface area (Å²) in [6.07, 6.45) is 5.88. The first kappa shape index (κ1) is 17.6. The van der Waals surface area contributed by atoms with E-state index in [9.17, 15) is 0 Å². The van der Waals surface area contributed by atoms with Crippen LogP contribution < -0.4 is 11.5 Å². The smallest absolute Gasteiger partial charge is 0.123 e. The third-order valence-corrected chi connectivity index (χ3v) is 4.74. The first-order valence-electron chi connectivity index (χ1n) is 8.95. The first-order valence-corrected chi connectivity index (χ1v) is 8.95. The van der Waals surface area contributed by atoms with Crippen molar-refractivity contribution in [3.8, 4) is 0 Å². The summed E-state index contributed by atoms with van der Waals surface area (Å²) in [5.74, 6) is 0.918. The Labute approximate surface area is 163 Å². The van der Waals surface area contributed by atoms with Gasteiger partial charge in [0.2, 0.25) is 0 Å². The molecule has 0 bridgehead atoms. The predicted octanol–water partition coefficient (Wildman–Crippen LogP) is 3.01. The summed E-state index contributed by atoms with van der Waals surface area (Å²) >= 11 is 0. The summed E-state index contributed by atoms with van der Waals surface area (Å²) < 4.78 is 0. The zero-order valence-electron chi connectivity index (χ0n) is 15.2. The molecule has 4 heterocycles. The van der Waals surface area contributed by atoms with E-state index < -0.39 is 5.41 Å². The normalized spacial score (nSPS) is 13.0. The predicted molar refractivity (Wildman–Crippen MR) is 109 cm³/mol. The molecule has 4 N–H and O–H groups in total. The molecule has 4 aromatic heterocycles. The zero-order valence-corrected chi connectivity index (χ0v) is 15.2. The number of pyridine rings is 4. The van der Waals surface area contributed by atoms with Gasteiger partial charge in [0.25, 0.3) is 0 Å². The Morgan fingerprint density at radius 1 is 0.714 bits per heavy atom. The van der Waals surface area contributed by atoms with Crippen molar-refractivity contribution in [3.63, 3.8) is 0 Å². The van der Waals surface area contributed by atoms with Crippen molar-refractivity contribution in [1.82, 2.24) is 19.9 Å². The molecule has 0 aromatic carbocycles. The number of nitrogen functional groups attached to an aromatic ring is 2. The second kappa shape index (κ2) is 7.44. The number of nitrogens with two attached hydrogens (primary N) is 2. The molecular weight excluding hydrogens is 348 g/mol. The van der Waals surface area contributed by atoms with Crippen molar-refractivity contribution < 1.29 is 0 Å². The Hall–Kier alpha value is -3.80. The van der Waals surface area contributed by atoms with Crippen LogP contribution in [0.2, 0.25) is 0 Å². The Balaban J connectivity index is 2.02. The van der Waals surface area contributed by atoms with Gasteiger partial charge in [0.15, 0.2) is 0 Å². The Kier molecular flexibility index (Phi) is 4.68. The van der Waals surface area contributed by atoms with Gasteiger partial charge in [-0.3, -0.25) is 9.97 Å². The largest absolute Gasteiger partial charge is 0.384 e.